The Balaban J connectivity index is 1.55. The van der Waals surface area contributed by atoms with Gasteiger partial charge in [0.15, 0.2) is 0 Å². The monoisotopic (exact) mass is 571 g/mol. The van der Waals surface area contributed by atoms with Gasteiger partial charge in [-0.1, -0.05) is 23.7 Å². The lowest BCUT2D eigenvalue weighted by atomic mass is 10.1. The molecule has 1 aromatic carbocycles. The van der Waals surface area contributed by atoms with Gasteiger partial charge in [0.25, 0.3) is 5.91 Å². The minimum Gasteiger partial charge on any atom is -0.394 e. The zero-order valence-electron chi connectivity index (χ0n) is 21.4. The third-order valence-electron chi connectivity index (χ3n) is 5.96. The third kappa shape index (κ3) is 7.69. The number of aliphatic hydroxyl groups is 2. The molecule has 0 aliphatic carbocycles. The van der Waals surface area contributed by atoms with E-state index in [9.17, 15) is 14.7 Å². The van der Waals surface area contributed by atoms with Crippen LogP contribution >= 0.6 is 22.9 Å². The van der Waals surface area contributed by atoms with E-state index in [1.165, 1.54) is 23.7 Å². The third-order valence-corrected chi connectivity index (χ3v) is 7.37. The molecule has 3 aromatic heterocycles. The first kappa shape index (κ1) is 28.8. The standard InChI is InChI=1S/C27H30ClN5O5S/c1-32(17-24(35)23-14-29-6-7-30-23)15-20-12-21-25(36)22(16-33(27(21)39-20)8-10-38-11-9-34)26(37)31-13-18-2-4-19(28)5-3-18/h2-7,12,14,16,24,34-35H,8-11,13,15,17H2,1H3,(H,31,37). The first-order valence-corrected chi connectivity index (χ1v) is 13.5. The fraction of sp³-hybridized carbons (Fsp3) is 0.333. The van der Waals surface area contributed by atoms with Crippen molar-refractivity contribution in [3.63, 3.8) is 0 Å². The van der Waals surface area contributed by atoms with Crippen LogP contribution in [0.25, 0.3) is 10.2 Å². The topological polar surface area (TPSA) is 130 Å². The highest BCUT2D eigenvalue weighted by molar-refractivity contribution is 7.18. The summed E-state index contributed by atoms with van der Waals surface area (Å²) < 4.78 is 7.28. The van der Waals surface area contributed by atoms with Crippen LogP contribution in [0.5, 0.6) is 0 Å². The number of benzene rings is 1. The van der Waals surface area contributed by atoms with E-state index in [-0.39, 0.29) is 30.8 Å². The Morgan fingerprint density at radius 3 is 2.77 bits per heavy atom. The first-order valence-electron chi connectivity index (χ1n) is 12.4. The molecule has 0 bridgehead atoms. The molecule has 10 nitrogen and oxygen atoms in total. The lowest BCUT2D eigenvalue weighted by Crippen LogP contribution is -2.29. The molecule has 0 aliphatic heterocycles. The number of fused-ring (bicyclic) bond motifs is 1. The van der Waals surface area contributed by atoms with E-state index >= 15 is 0 Å². The van der Waals surface area contributed by atoms with Gasteiger partial charge in [-0.2, -0.15) is 0 Å². The zero-order chi connectivity index (χ0) is 27.8. The second kappa shape index (κ2) is 13.7. The maximum Gasteiger partial charge on any atom is 0.257 e. The van der Waals surface area contributed by atoms with E-state index in [0.717, 1.165) is 15.3 Å². The van der Waals surface area contributed by atoms with Gasteiger partial charge in [0.2, 0.25) is 5.43 Å². The van der Waals surface area contributed by atoms with Crippen LogP contribution in [0, 0.1) is 0 Å². The van der Waals surface area contributed by atoms with Gasteiger partial charge in [0.1, 0.15) is 16.5 Å². The Labute approximate surface area is 234 Å². The average molecular weight is 572 g/mol. The van der Waals surface area contributed by atoms with Crippen molar-refractivity contribution in [2.45, 2.75) is 25.7 Å². The Hall–Kier alpha value is -3.19. The Morgan fingerprint density at radius 2 is 2.05 bits per heavy atom. The molecule has 206 valence electrons. The summed E-state index contributed by atoms with van der Waals surface area (Å²) >= 11 is 7.38. The van der Waals surface area contributed by atoms with Gasteiger partial charge < -0.3 is 24.8 Å². The van der Waals surface area contributed by atoms with E-state index < -0.39 is 12.0 Å². The van der Waals surface area contributed by atoms with Crippen molar-refractivity contribution in [1.82, 2.24) is 24.8 Å². The first-order chi connectivity index (χ1) is 18.9. The second-order valence-corrected chi connectivity index (χ2v) is 10.5. The summed E-state index contributed by atoms with van der Waals surface area (Å²) in [6, 6.07) is 8.90. The summed E-state index contributed by atoms with van der Waals surface area (Å²) in [5, 5.41) is 23.4. The van der Waals surface area contributed by atoms with Crippen molar-refractivity contribution >= 4 is 39.1 Å². The van der Waals surface area contributed by atoms with Crippen LogP contribution in [-0.4, -0.2) is 69.0 Å². The summed E-state index contributed by atoms with van der Waals surface area (Å²) in [7, 11) is 1.87. The molecule has 3 heterocycles. The molecule has 12 heteroatoms. The number of halogens is 1. The summed E-state index contributed by atoms with van der Waals surface area (Å²) in [4.78, 5) is 38.2. The summed E-state index contributed by atoms with van der Waals surface area (Å²) in [6.45, 7) is 1.87. The summed E-state index contributed by atoms with van der Waals surface area (Å²) in [6.07, 6.45) is 5.37. The van der Waals surface area contributed by atoms with Crippen molar-refractivity contribution in [3.05, 3.63) is 92.1 Å². The number of nitrogens with zero attached hydrogens (tertiary/aromatic N) is 4. The zero-order valence-corrected chi connectivity index (χ0v) is 23.0. The number of rotatable bonds is 13. The lowest BCUT2D eigenvalue weighted by molar-refractivity contribution is 0.0873. The number of hydrogen-bond acceptors (Lipinski definition) is 9. The van der Waals surface area contributed by atoms with E-state index in [1.807, 2.05) is 28.6 Å². The quantitative estimate of drug-likeness (QED) is 0.209. The fourth-order valence-electron chi connectivity index (χ4n) is 4.04. The molecule has 4 aromatic rings. The number of hydrogen-bond donors (Lipinski definition) is 3. The number of pyridine rings is 1. The van der Waals surface area contributed by atoms with Gasteiger partial charge in [-0.05, 0) is 30.8 Å². The molecule has 0 aliphatic rings. The molecule has 0 fully saturated rings. The van der Waals surface area contributed by atoms with Crippen LogP contribution in [0.3, 0.4) is 0 Å². The molecule has 1 unspecified atom stereocenters. The van der Waals surface area contributed by atoms with Gasteiger partial charge in [-0.3, -0.25) is 24.5 Å². The maximum absolute atomic E-state index is 13.4. The van der Waals surface area contributed by atoms with Crippen LogP contribution in [0.2, 0.25) is 5.02 Å². The molecule has 1 atom stereocenters. The molecule has 3 N–H and O–H groups in total. The number of likely N-dealkylation sites (N-methyl/N-ethyl adjacent to an activating group) is 1. The molecule has 39 heavy (non-hydrogen) atoms. The number of carbonyl (C=O) groups is 1. The molecule has 0 radical (unpaired) electrons. The fourth-order valence-corrected chi connectivity index (χ4v) is 5.40. The predicted octanol–water partition coefficient (Wildman–Crippen LogP) is 2.61. The Bertz CT molecular complexity index is 1440. The minimum absolute atomic E-state index is 0.0365. The van der Waals surface area contributed by atoms with Gasteiger partial charge >= 0.3 is 0 Å². The molecule has 1 amide bonds. The number of amides is 1. The summed E-state index contributed by atoms with van der Waals surface area (Å²) in [5.74, 6) is -0.473. The van der Waals surface area contributed by atoms with Crippen LogP contribution in [0.4, 0.5) is 0 Å². The lowest BCUT2D eigenvalue weighted by Gasteiger charge is -2.19. The number of aliphatic hydroxyl groups excluding tert-OH is 2. The minimum atomic E-state index is -0.808. The molecule has 4 rings (SSSR count). The largest absolute Gasteiger partial charge is 0.394 e. The maximum atomic E-state index is 13.4. The highest BCUT2D eigenvalue weighted by Crippen LogP contribution is 2.26. The Morgan fingerprint density at radius 1 is 1.26 bits per heavy atom. The smallest absolute Gasteiger partial charge is 0.257 e. The number of thiophene rings is 1. The number of ether oxygens (including phenoxy) is 1. The molecular formula is C27H30ClN5O5S. The van der Waals surface area contributed by atoms with Crippen LogP contribution < -0.4 is 10.7 Å². The number of aromatic nitrogens is 3. The second-order valence-electron chi connectivity index (χ2n) is 8.98. The van der Waals surface area contributed by atoms with Gasteiger partial charge in [0, 0.05) is 54.7 Å². The molecule has 0 spiro atoms. The van der Waals surface area contributed by atoms with E-state index in [0.29, 0.717) is 42.3 Å². The van der Waals surface area contributed by atoms with Crippen molar-refractivity contribution in [3.8, 4) is 0 Å². The van der Waals surface area contributed by atoms with Gasteiger partial charge in [0.05, 0.1) is 37.1 Å². The predicted molar refractivity (Wildman–Crippen MR) is 150 cm³/mol. The summed E-state index contributed by atoms with van der Waals surface area (Å²) in [5.41, 5.74) is 1.03. The van der Waals surface area contributed by atoms with E-state index in [1.54, 1.807) is 30.6 Å². The van der Waals surface area contributed by atoms with Crippen molar-refractivity contribution in [1.29, 1.82) is 0 Å². The normalized spacial score (nSPS) is 12.2. The molecule has 0 saturated carbocycles. The number of nitrogens with one attached hydrogen (secondary N) is 1. The van der Waals surface area contributed by atoms with E-state index in [2.05, 4.69) is 15.3 Å². The highest BCUT2D eigenvalue weighted by Gasteiger charge is 2.19. The van der Waals surface area contributed by atoms with E-state index in [4.69, 9.17) is 21.4 Å². The highest BCUT2D eigenvalue weighted by atomic mass is 35.5. The SMILES string of the molecule is CN(Cc1cc2c(=O)c(C(=O)NCc3ccc(Cl)cc3)cn(CCOCCO)c2s1)CC(O)c1cnccn1. The van der Waals surface area contributed by atoms with Crippen molar-refractivity contribution in [2.24, 2.45) is 0 Å². The average Bonchev–Trinajstić information content (AvgIpc) is 3.36. The van der Waals surface area contributed by atoms with Crippen LogP contribution in [0.15, 0.2) is 59.9 Å². The number of carbonyl (C=O) groups excluding carboxylic acids is 1. The van der Waals surface area contributed by atoms with Crippen molar-refractivity contribution in [2.75, 3.05) is 33.4 Å². The van der Waals surface area contributed by atoms with Gasteiger partial charge in [-0.15, -0.1) is 11.3 Å². The molecule has 0 saturated heterocycles. The van der Waals surface area contributed by atoms with Crippen LogP contribution in [0.1, 0.15) is 32.6 Å². The van der Waals surface area contributed by atoms with Gasteiger partial charge in [-0.25, -0.2) is 0 Å². The Kier molecular flexibility index (Phi) is 10.2. The van der Waals surface area contributed by atoms with Crippen LogP contribution in [-0.2, 0) is 24.4 Å². The van der Waals surface area contributed by atoms with Crippen molar-refractivity contribution < 1.29 is 19.7 Å². The molecular weight excluding hydrogens is 542 g/mol.